The number of carbonyl (C=O) groups is 2. The van der Waals surface area contributed by atoms with Crippen molar-refractivity contribution in [1.82, 2.24) is 5.32 Å². The molecule has 0 fully saturated rings. The molecule has 2 aromatic rings. The molecule has 2 aromatic carbocycles. The van der Waals surface area contributed by atoms with Gasteiger partial charge in [0, 0.05) is 11.4 Å². The summed E-state index contributed by atoms with van der Waals surface area (Å²) in [6.45, 7) is 3.95. The molecular weight excluding hydrogens is 316 g/mol. The second kappa shape index (κ2) is 7.17. The Kier molecular flexibility index (Phi) is 4.79. The molecule has 0 bridgehead atoms. The lowest BCUT2D eigenvalue weighted by atomic mass is 10.1. The van der Waals surface area contributed by atoms with Crippen molar-refractivity contribution in [1.29, 1.82) is 0 Å². The summed E-state index contributed by atoms with van der Waals surface area (Å²) in [5.41, 5.74) is 3.68. The maximum atomic E-state index is 12.4. The van der Waals surface area contributed by atoms with Gasteiger partial charge >= 0.3 is 0 Å². The molecule has 6 heteroatoms. The van der Waals surface area contributed by atoms with E-state index in [1.165, 1.54) is 0 Å². The average Bonchev–Trinajstić information content (AvgIpc) is 2.56. The fourth-order valence-electron chi connectivity index (χ4n) is 2.53. The summed E-state index contributed by atoms with van der Waals surface area (Å²) in [5, 5.41) is 8.51. The van der Waals surface area contributed by atoms with Crippen molar-refractivity contribution in [2.45, 2.75) is 26.3 Å². The molecule has 0 spiro atoms. The van der Waals surface area contributed by atoms with Crippen LogP contribution in [0.15, 0.2) is 53.5 Å². The molecule has 0 saturated carbocycles. The van der Waals surface area contributed by atoms with Crippen molar-refractivity contribution in [3.63, 3.8) is 0 Å². The van der Waals surface area contributed by atoms with Crippen molar-refractivity contribution in [3.05, 3.63) is 59.7 Å². The van der Waals surface area contributed by atoms with E-state index in [9.17, 15) is 9.59 Å². The molecule has 1 aliphatic rings. The molecule has 1 aliphatic heterocycles. The van der Waals surface area contributed by atoms with Crippen LogP contribution in [0.3, 0.4) is 0 Å². The molecule has 25 heavy (non-hydrogen) atoms. The van der Waals surface area contributed by atoms with Crippen molar-refractivity contribution < 1.29 is 9.59 Å². The van der Waals surface area contributed by atoms with E-state index in [0.717, 1.165) is 16.8 Å². The zero-order valence-corrected chi connectivity index (χ0v) is 14.2. The Morgan fingerprint density at radius 2 is 1.84 bits per heavy atom. The Balaban J connectivity index is 1.72. The van der Waals surface area contributed by atoms with Crippen LogP contribution in [0.5, 0.6) is 0 Å². The molecule has 2 amide bonds. The quantitative estimate of drug-likeness (QED) is 0.806. The highest BCUT2D eigenvalue weighted by molar-refractivity contribution is 6.10. The Bertz CT molecular complexity index is 828. The third kappa shape index (κ3) is 4.44. The molecule has 0 radical (unpaired) electrons. The van der Waals surface area contributed by atoms with Gasteiger partial charge in [-0.1, -0.05) is 29.8 Å². The SMILES string of the molecule is Cc1ccc(NC(=O)[C@H]2CC(=O)NC(Nc3cccc(C)c3)=N2)cc1. The second-order valence-electron chi connectivity index (χ2n) is 6.10. The summed E-state index contributed by atoms with van der Waals surface area (Å²) in [6, 6.07) is 14.4. The van der Waals surface area contributed by atoms with Gasteiger partial charge in [-0.15, -0.1) is 0 Å². The molecule has 0 aliphatic carbocycles. The van der Waals surface area contributed by atoms with E-state index < -0.39 is 6.04 Å². The Hall–Kier alpha value is -3.15. The van der Waals surface area contributed by atoms with Crippen LogP contribution >= 0.6 is 0 Å². The van der Waals surface area contributed by atoms with E-state index in [1.807, 2.05) is 62.4 Å². The number of guanidine groups is 1. The number of hydrogen-bond donors (Lipinski definition) is 3. The highest BCUT2D eigenvalue weighted by atomic mass is 16.2. The summed E-state index contributed by atoms with van der Waals surface area (Å²) >= 11 is 0. The van der Waals surface area contributed by atoms with Crippen molar-refractivity contribution in [3.8, 4) is 0 Å². The highest BCUT2D eigenvalue weighted by Gasteiger charge is 2.27. The first-order valence-electron chi connectivity index (χ1n) is 8.08. The van der Waals surface area contributed by atoms with E-state index in [2.05, 4.69) is 20.9 Å². The van der Waals surface area contributed by atoms with Crippen molar-refractivity contribution >= 4 is 29.1 Å². The van der Waals surface area contributed by atoms with Crippen LogP contribution in [0.4, 0.5) is 11.4 Å². The number of rotatable bonds is 3. The fourth-order valence-corrected chi connectivity index (χ4v) is 2.53. The number of nitrogens with one attached hydrogen (secondary N) is 3. The molecule has 1 atom stereocenters. The summed E-state index contributed by atoms with van der Waals surface area (Å²) in [5.74, 6) is -0.262. The standard InChI is InChI=1S/C19H20N4O2/c1-12-6-8-14(9-7-12)20-18(25)16-11-17(24)23-19(22-16)21-15-5-3-4-13(2)10-15/h3-10,16H,11H2,1-2H3,(H,20,25)(H2,21,22,23,24)/t16-/m1/s1. The van der Waals surface area contributed by atoms with Crippen molar-refractivity contribution in [2.75, 3.05) is 10.6 Å². The van der Waals surface area contributed by atoms with Crippen LogP contribution in [0.2, 0.25) is 0 Å². The predicted octanol–water partition coefficient (Wildman–Crippen LogP) is 2.60. The number of anilines is 2. The topological polar surface area (TPSA) is 82.6 Å². The van der Waals surface area contributed by atoms with Gasteiger partial charge in [0.1, 0.15) is 6.04 Å². The summed E-state index contributed by atoms with van der Waals surface area (Å²) in [6.07, 6.45) is 0.0245. The van der Waals surface area contributed by atoms with E-state index in [4.69, 9.17) is 0 Å². The first kappa shape index (κ1) is 16.7. The molecule has 0 saturated heterocycles. The first-order chi connectivity index (χ1) is 12.0. The zero-order chi connectivity index (χ0) is 17.8. The van der Waals surface area contributed by atoms with Gasteiger partial charge in [0.15, 0.2) is 0 Å². The van der Waals surface area contributed by atoms with Gasteiger partial charge < -0.3 is 10.6 Å². The van der Waals surface area contributed by atoms with E-state index >= 15 is 0 Å². The molecule has 128 valence electrons. The summed E-state index contributed by atoms with van der Waals surface area (Å²) in [4.78, 5) is 28.7. The van der Waals surface area contributed by atoms with Crippen LogP contribution in [0.1, 0.15) is 17.5 Å². The van der Waals surface area contributed by atoms with Crippen LogP contribution in [0, 0.1) is 13.8 Å². The number of nitrogens with zero attached hydrogens (tertiary/aromatic N) is 1. The van der Waals surface area contributed by atoms with Gasteiger partial charge in [-0.05, 0) is 43.7 Å². The monoisotopic (exact) mass is 336 g/mol. The van der Waals surface area contributed by atoms with E-state index in [-0.39, 0.29) is 24.2 Å². The minimum atomic E-state index is -0.762. The summed E-state index contributed by atoms with van der Waals surface area (Å²) < 4.78 is 0. The van der Waals surface area contributed by atoms with Crippen LogP contribution in [-0.2, 0) is 9.59 Å². The fraction of sp³-hybridized carbons (Fsp3) is 0.211. The molecule has 6 nitrogen and oxygen atoms in total. The van der Waals surface area contributed by atoms with E-state index in [0.29, 0.717) is 5.69 Å². The smallest absolute Gasteiger partial charge is 0.249 e. The van der Waals surface area contributed by atoms with Gasteiger partial charge in [-0.2, -0.15) is 0 Å². The molecular formula is C19H20N4O2. The lowest BCUT2D eigenvalue weighted by Crippen LogP contribution is -2.45. The lowest BCUT2D eigenvalue weighted by Gasteiger charge is -2.21. The van der Waals surface area contributed by atoms with Gasteiger partial charge in [-0.25, -0.2) is 4.99 Å². The van der Waals surface area contributed by atoms with Gasteiger partial charge in [0.25, 0.3) is 0 Å². The first-order valence-corrected chi connectivity index (χ1v) is 8.08. The van der Waals surface area contributed by atoms with Crippen molar-refractivity contribution in [2.24, 2.45) is 4.99 Å². The van der Waals surface area contributed by atoms with Crippen LogP contribution in [-0.4, -0.2) is 23.8 Å². The molecule has 3 rings (SSSR count). The van der Waals surface area contributed by atoms with Crippen LogP contribution < -0.4 is 16.0 Å². The molecule has 0 aromatic heterocycles. The lowest BCUT2D eigenvalue weighted by molar-refractivity contribution is -0.124. The second-order valence-corrected chi connectivity index (χ2v) is 6.10. The molecule has 3 N–H and O–H groups in total. The predicted molar refractivity (Wildman–Crippen MR) is 98.6 cm³/mol. The largest absolute Gasteiger partial charge is 0.326 e. The third-order valence-electron chi connectivity index (χ3n) is 3.82. The average molecular weight is 336 g/mol. The Morgan fingerprint density at radius 3 is 2.56 bits per heavy atom. The Labute approximate surface area is 146 Å². The van der Waals surface area contributed by atoms with Gasteiger partial charge in [0.05, 0.1) is 6.42 Å². The summed E-state index contributed by atoms with van der Waals surface area (Å²) in [7, 11) is 0. The zero-order valence-electron chi connectivity index (χ0n) is 14.2. The number of carbonyl (C=O) groups excluding carboxylic acids is 2. The maximum Gasteiger partial charge on any atom is 0.249 e. The number of benzene rings is 2. The Morgan fingerprint density at radius 1 is 1.08 bits per heavy atom. The number of aryl methyl sites for hydroxylation is 2. The number of amides is 2. The number of aliphatic imine (C=N–C) groups is 1. The maximum absolute atomic E-state index is 12.4. The molecule has 0 unspecified atom stereocenters. The normalized spacial score (nSPS) is 16.6. The minimum Gasteiger partial charge on any atom is -0.326 e. The molecule has 1 heterocycles. The minimum absolute atomic E-state index is 0.0245. The van der Waals surface area contributed by atoms with Gasteiger partial charge in [0.2, 0.25) is 17.8 Å². The van der Waals surface area contributed by atoms with Gasteiger partial charge in [-0.3, -0.25) is 14.9 Å². The highest BCUT2D eigenvalue weighted by Crippen LogP contribution is 2.14. The van der Waals surface area contributed by atoms with Crippen LogP contribution in [0.25, 0.3) is 0 Å². The van der Waals surface area contributed by atoms with E-state index in [1.54, 1.807) is 0 Å². The third-order valence-corrected chi connectivity index (χ3v) is 3.82. The number of hydrogen-bond acceptors (Lipinski definition) is 4.